The molecule has 5 heteroatoms. The zero-order valence-corrected chi connectivity index (χ0v) is 9.88. The lowest BCUT2D eigenvalue weighted by Crippen LogP contribution is -2.48. The largest absolute Gasteiger partial charge is 0.334 e. The summed E-state index contributed by atoms with van der Waals surface area (Å²) in [4.78, 5) is 24.1. The van der Waals surface area contributed by atoms with Crippen LogP contribution in [-0.4, -0.2) is 34.4 Å². The van der Waals surface area contributed by atoms with Gasteiger partial charge in [0.25, 0.3) is 0 Å². The summed E-state index contributed by atoms with van der Waals surface area (Å²) in [5.74, 6) is 0.474. The molecule has 3 atom stereocenters. The first-order valence-corrected chi connectivity index (χ1v) is 6.55. The van der Waals surface area contributed by atoms with E-state index in [1.165, 1.54) is 6.42 Å². The first-order chi connectivity index (χ1) is 8.20. The van der Waals surface area contributed by atoms with Crippen LogP contribution < -0.4 is 0 Å². The maximum atomic E-state index is 11.3. The summed E-state index contributed by atoms with van der Waals surface area (Å²) in [7, 11) is 0. The second-order valence-corrected chi connectivity index (χ2v) is 5.79. The Balaban J connectivity index is 1.86. The van der Waals surface area contributed by atoms with Crippen molar-refractivity contribution >= 4 is 6.41 Å². The Kier molecular flexibility index (Phi) is 2.38. The fourth-order valence-electron chi connectivity index (χ4n) is 4.14. The van der Waals surface area contributed by atoms with Crippen molar-refractivity contribution in [3.8, 4) is 0 Å². The zero-order chi connectivity index (χ0) is 12.0. The number of nitrogens with zero attached hydrogens (tertiary/aromatic N) is 2. The Labute approximate surface area is 100 Å². The molecule has 0 radical (unpaired) electrons. The molecule has 1 amide bonds. The van der Waals surface area contributed by atoms with Crippen LogP contribution in [0.25, 0.3) is 0 Å². The summed E-state index contributed by atoms with van der Waals surface area (Å²) in [6.07, 6.45) is 7.18. The highest BCUT2D eigenvalue weighted by Crippen LogP contribution is 2.58. The molecule has 3 rings (SSSR count). The molecule has 0 bridgehead atoms. The molecule has 17 heavy (non-hydrogen) atoms. The molecule has 1 saturated heterocycles. The molecule has 0 aromatic carbocycles. The number of carbonyl (C=O) groups excluding carboxylic acids is 1. The third-order valence-electron chi connectivity index (χ3n) is 4.99. The molecule has 5 nitrogen and oxygen atoms in total. The number of carbonyl (C=O) groups is 1. The van der Waals surface area contributed by atoms with Crippen LogP contribution >= 0.6 is 0 Å². The third-order valence-corrected chi connectivity index (χ3v) is 4.99. The monoisotopic (exact) mass is 238 g/mol. The van der Waals surface area contributed by atoms with E-state index in [4.69, 9.17) is 0 Å². The zero-order valence-electron chi connectivity index (χ0n) is 9.88. The predicted molar refractivity (Wildman–Crippen MR) is 61.0 cm³/mol. The van der Waals surface area contributed by atoms with E-state index in [0.717, 1.165) is 32.1 Å². The van der Waals surface area contributed by atoms with E-state index in [1.807, 2.05) is 0 Å². The van der Waals surface area contributed by atoms with Crippen LogP contribution in [-0.2, 0) is 4.79 Å². The Bertz CT molecular complexity index is 354. The van der Waals surface area contributed by atoms with Crippen molar-refractivity contribution in [1.82, 2.24) is 4.90 Å². The van der Waals surface area contributed by atoms with Crippen LogP contribution in [0, 0.1) is 22.0 Å². The second-order valence-electron chi connectivity index (χ2n) is 5.79. The van der Waals surface area contributed by atoms with Gasteiger partial charge in [-0.25, -0.2) is 0 Å². The number of hydrogen-bond donors (Lipinski definition) is 0. The first-order valence-electron chi connectivity index (χ1n) is 6.55. The van der Waals surface area contributed by atoms with Gasteiger partial charge in [0, 0.05) is 17.9 Å². The summed E-state index contributed by atoms with van der Waals surface area (Å²) in [6.45, 7) is 0.603. The maximum absolute atomic E-state index is 11.3. The van der Waals surface area contributed by atoms with E-state index in [-0.39, 0.29) is 16.9 Å². The summed E-state index contributed by atoms with van der Waals surface area (Å²) in [5.41, 5.74) is -0.775. The molecule has 3 aliphatic rings. The Morgan fingerprint density at radius 1 is 1.29 bits per heavy atom. The number of hydrogen-bond acceptors (Lipinski definition) is 3. The molecule has 1 heterocycles. The topological polar surface area (TPSA) is 63.5 Å². The van der Waals surface area contributed by atoms with Crippen molar-refractivity contribution in [2.45, 2.75) is 50.1 Å². The summed E-state index contributed by atoms with van der Waals surface area (Å²) in [5, 5.41) is 11.3. The lowest BCUT2D eigenvalue weighted by atomic mass is 9.80. The average molecular weight is 238 g/mol. The highest BCUT2D eigenvalue weighted by atomic mass is 16.6. The molecular formula is C12H18N2O3. The van der Waals surface area contributed by atoms with Crippen molar-refractivity contribution < 1.29 is 9.72 Å². The van der Waals surface area contributed by atoms with Gasteiger partial charge in [0.2, 0.25) is 11.9 Å². The molecule has 1 aliphatic heterocycles. The average Bonchev–Trinajstić information content (AvgIpc) is 2.97. The van der Waals surface area contributed by atoms with Crippen LogP contribution in [0.5, 0.6) is 0 Å². The van der Waals surface area contributed by atoms with Gasteiger partial charge in [-0.2, -0.15) is 0 Å². The lowest BCUT2D eigenvalue weighted by Gasteiger charge is -2.34. The number of amides is 1. The van der Waals surface area contributed by atoms with Gasteiger partial charge in [0.15, 0.2) is 0 Å². The van der Waals surface area contributed by atoms with Gasteiger partial charge in [0.1, 0.15) is 6.04 Å². The minimum atomic E-state index is -0.775. The van der Waals surface area contributed by atoms with E-state index >= 15 is 0 Å². The van der Waals surface area contributed by atoms with Crippen LogP contribution in [0.15, 0.2) is 0 Å². The van der Waals surface area contributed by atoms with E-state index in [1.54, 1.807) is 4.90 Å². The fourth-order valence-corrected chi connectivity index (χ4v) is 4.14. The molecule has 2 saturated carbocycles. The Morgan fingerprint density at radius 2 is 2.00 bits per heavy atom. The van der Waals surface area contributed by atoms with Gasteiger partial charge < -0.3 is 4.90 Å². The molecule has 0 N–H and O–H groups in total. The fraction of sp³-hybridized carbons (Fsp3) is 0.917. The van der Waals surface area contributed by atoms with Gasteiger partial charge in [-0.1, -0.05) is 19.3 Å². The molecule has 0 aromatic rings. The molecular weight excluding hydrogens is 220 g/mol. The van der Waals surface area contributed by atoms with Crippen molar-refractivity contribution in [3.05, 3.63) is 10.1 Å². The van der Waals surface area contributed by atoms with Crippen LogP contribution in [0.3, 0.4) is 0 Å². The standard InChI is InChI=1S/C12H18N2O3/c15-8-13-7-10-6-12(10,14(16)17)11(13)9-4-2-1-3-5-9/h8-11H,1-7H2/t10-,11+,12+/m1/s1. The number of rotatable bonds is 3. The third kappa shape index (κ3) is 1.40. The predicted octanol–water partition coefficient (Wildman–Crippen LogP) is 1.44. The molecule has 94 valence electrons. The lowest BCUT2D eigenvalue weighted by molar-refractivity contribution is -0.547. The van der Waals surface area contributed by atoms with Gasteiger partial charge in [-0.3, -0.25) is 14.9 Å². The molecule has 0 aromatic heterocycles. The SMILES string of the molecule is O=CN1C[C@H]2C[C@@]2([N+](=O)[O-])[C@@H]1C1CCCCC1. The molecule has 0 unspecified atom stereocenters. The van der Waals surface area contributed by atoms with E-state index in [0.29, 0.717) is 18.9 Å². The number of fused-ring (bicyclic) bond motifs is 1. The maximum Gasteiger partial charge on any atom is 0.247 e. The first kappa shape index (κ1) is 11.0. The quantitative estimate of drug-likeness (QED) is 0.424. The van der Waals surface area contributed by atoms with E-state index in [2.05, 4.69) is 0 Å². The smallest absolute Gasteiger partial charge is 0.247 e. The molecule has 0 spiro atoms. The summed E-state index contributed by atoms with van der Waals surface area (Å²) >= 11 is 0. The van der Waals surface area contributed by atoms with Gasteiger partial charge in [-0.05, 0) is 18.8 Å². The van der Waals surface area contributed by atoms with Crippen molar-refractivity contribution in [1.29, 1.82) is 0 Å². The van der Waals surface area contributed by atoms with Crippen molar-refractivity contribution in [3.63, 3.8) is 0 Å². The number of piperidine rings is 1. The van der Waals surface area contributed by atoms with Crippen molar-refractivity contribution in [2.24, 2.45) is 11.8 Å². The Hall–Kier alpha value is -1.13. The highest BCUT2D eigenvalue weighted by Gasteiger charge is 2.77. The minimum absolute atomic E-state index is 0.0968. The normalized spacial score (nSPS) is 41.1. The Morgan fingerprint density at radius 3 is 2.59 bits per heavy atom. The molecule has 3 fully saturated rings. The summed E-state index contributed by atoms with van der Waals surface area (Å²) < 4.78 is 0. The van der Waals surface area contributed by atoms with Crippen LogP contribution in [0.2, 0.25) is 0 Å². The van der Waals surface area contributed by atoms with E-state index < -0.39 is 5.54 Å². The number of nitro groups is 1. The van der Waals surface area contributed by atoms with Crippen molar-refractivity contribution in [2.75, 3.05) is 6.54 Å². The van der Waals surface area contributed by atoms with Crippen LogP contribution in [0.4, 0.5) is 0 Å². The molecule has 2 aliphatic carbocycles. The van der Waals surface area contributed by atoms with Gasteiger partial charge in [0.05, 0.1) is 5.92 Å². The second kappa shape index (κ2) is 3.68. The van der Waals surface area contributed by atoms with Gasteiger partial charge >= 0.3 is 0 Å². The highest BCUT2D eigenvalue weighted by molar-refractivity contribution is 5.51. The van der Waals surface area contributed by atoms with Crippen LogP contribution in [0.1, 0.15) is 38.5 Å². The number of likely N-dealkylation sites (tertiary alicyclic amines) is 1. The van der Waals surface area contributed by atoms with Gasteiger partial charge in [-0.15, -0.1) is 0 Å². The van der Waals surface area contributed by atoms with E-state index in [9.17, 15) is 14.9 Å². The summed E-state index contributed by atoms with van der Waals surface area (Å²) in [6, 6.07) is -0.125. The minimum Gasteiger partial charge on any atom is -0.334 e.